The summed E-state index contributed by atoms with van der Waals surface area (Å²) in [5, 5.41) is 5.99. The second-order valence-electron chi connectivity index (χ2n) is 5.67. The Hall–Kier alpha value is -2.73. The van der Waals surface area contributed by atoms with Crippen LogP contribution in [0.1, 0.15) is 21.5 Å². The number of amides is 1. The van der Waals surface area contributed by atoms with E-state index < -0.39 is 0 Å². The van der Waals surface area contributed by atoms with Crippen LogP contribution in [0.5, 0.6) is 0 Å². The van der Waals surface area contributed by atoms with Crippen molar-refractivity contribution in [3.8, 4) is 0 Å². The minimum absolute atomic E-state index is 0.257. The van der Waals surface area contributed by atoms with Gasteiger partial charge in [0.25, 0.3) is 5.91 Å². The fraction of sp³-hybridized carbons (Fsp3) is 0.105. The topological polar surface area (TPSA) is 66.9 Å². The zero-order chi connectivity index (χ0) is 17.8. The Kier molecular flexibility index (Phi) is 5.09. The van der Waals surface area contributed by atoms with Crippen LogP contribution in [0.2, 0.25) is 0 Å². The molecule has 1 heterocycles. The second-order valence-corrected chi connectivity index (χ2v) is 6.53. The number of anilines is 3. The third-order valence-electron chi connectivity index (χ3n) is 3.68. The molecule has 0 aliphatic carbocycles. The Morgan fingerprint density at radius 2 is 1.72 bits per heavy atom. The van der Waals surface area contributed by atoms with E-state index in [1.54, 1.807) is 0 Å². The fourth-order valence-electron chi connectivity index (χ4n) is 2.26. The molecule has 0 unspecified atom stereocenters. The first-order chi connectivity index (χ1) is 12.0. The Morgan fingerprint density at radius 1 is 1.00 bits per heavy atom. The Balaban J connectivity index is 1.71. The smallest absolute Gasteiger partial charge is 0.258 e. The number of aromatic nitrogens is 2. The summed E-state index contributed by atoms with van der Waals surface area (Å²) >= 11 is 3.45. The van der Waals surface area contributed by atoms with Crippen LogP contribution in [0.3, 0.4) is 0 Å². The third-order valence-corrected chi connectivity index (χ3v) is 4.33. The van der Waals surface area contributed by atoms with Gasteiger partial charge >= 0.3 is 0 Å². The maximum Gasteiger partial charge on any atom is 0.258 e. The molecule has 25 heavy (non-hydrogen) atoms. The van der Waals surface area contributed by atoms with Crippen molar-refractivity contribution in [3.63, 3.8) is 0 Å². The van der Waals surface area contributed by atoms with Crippen LogP contribution in [0.4, 0.5) is 17.3 Å². The van der Waals surface area contributed by atoms with Crippen molar-refractivity contribution in [3.05, 3.63) is 76.0 Å². The van der Waals surface area contributed by atoms with Crippen LogP contribution in [0.15, 0.2) is 59.3 Å². The van der Waals surface area contributed by atoms with Crippen LogP contribution in [-0.4, -0.2) is 15.9 Å². The monoisotopic (exact) mass is 396 g/mol. The molecular weight excluding hydrogens is 380 g/mol. The summed E-state index contributed by atoms with van der Waals surface area (Å²) in [6.07, 6.45) is 3.01. The van der Waals surface area contributed by atoms with Gasteiger partial charge in [-0.3, -0.25) is 4.79 Å². The number of hydrogen-bond donors (Lipinski definition) is 2. The molecule has 0 fully saturated rings. The van der Waals surface area contributed by atoms with Crippen molar-refractivity contribution >= 4 is 39.2 Å². The molecular formula is C19H17BrN4O. The second kappa shape index (κ2) is 7.44. The van der Waals surface area contributed by atoms with Gasteiger partial charge < -0.3 is 10.6 Å². The Labute approximate surface area is 154 Å². The van der Waals surface area contributed by atoms with Gasteiger partial charge in [-0.15, -0.1) is 0 Å². The number of carbonyl (C=O) groups is 1. The zero-order valence-electron chi connectivity index (χ0n) is 13.9. The van der Waals surface area contributed by atoms with E-state index in [0.717, 1.165) is 21.3 Å². The number of hydrogen-bond acceptors (Lipinski definition) is 4. The normalized spacial score (nSPS) is 10.4. The van der Waals surface area contributed by atoms with Gasteiger partial charge in [0, 0.05) is 22.6 Å². The largest absolute Gasteiger partial charge is 0.324 e. The predicted octanol–water partition coefficient (Wildman–Crippen LogP) is 4.85. The maximum absolute atomic E-state index is 12.3. The van der Waals surface area contributed by atoms with Crippen LogP contribution >= 0.6 is 15.9 Å². The molecule has 6 heteroatoms. The number of nitrogens with one attached hydrogen (secondary N) is 2. The number of benzene rings is 2. The lowest BCUT2D eigenvalue weighted by atomic mass is 10.2. The maximum atomic E-state index is 12.3. The minimum Gasteiger partial charge on any atom is -0.324 e. The van der Waals surface area contributed by atoms with Gasteiger partial charge in [-0.2, -0.15) is 0 Å². The zero-order valence-corrected chi connectivity index (χ0v) is 15.5. The number of nitrogens with zero attached hydrogens (tertiary/aromatic N) is 2. The average molecular weight is 397 g/mol. The average Bonchev–Trinajstić information content (AvgIpc) is 2.60. The van der Waals surface area contributed by atoms with E-state index in [0.29, 0.717) is 17.2 Å². The number of aryl methyl sites for hydroxylation is 2. The molecule has 0 spiro atoms. The van der Waals surface area contributed by atoms with Gasteiger partial charge in [0.15, 0.2) is 0 Å². The van der Waals surface area contributed by atoms with Crippen LogP contribution < -0.4 is 10.6 Å². The Bertz CT molecular complexity index is 910. The molecule has 126 valence electrons. The molecule has 0 aliphatic heterocycles. The lowest BCUT2D eigenvalue weighted by Crippen LogP contribution is -2.13. The summed E-state index contributed by atoms with van der Waals surface area (Å²) in [6, 6.07) is 13.6. The molecule has 2 N–H and O–H groups in total. The predicted molar refractivity (Wildman–Crippen MR) is 103 cm³/mol. The molecule has 5 nitrogen and oxygen atoms in total. The highest BCUT2D eigenvalue weighted by molar-refractivity contribution is 9.10. The highest BCUT2D eigenvalue weighted by atomic mass is 79.9. The molecule has 1 aromatic heterocycles. The molecule has 0 aliphatic rings. The first-order valence-electron chi connectivity index (χ1n) is 7.75. The van der Waals surface area contributed by atoms with Crippen molar-refractivity contribution < 1.29 is 4.79 Å². The molecule has 2 aromatic carbocycles. The summed E-state index contributed by atoms with van der Waals surface area (Å²) in [4.78, 5) is 20.8. The van der Waals surface area contributed by atoms with E-state index in [9.17, 15) is 4.79 Å². The Morgan fingerprint density at radius 3 is 2.40 bits per heavy atom. The van der Waals surface area contributed by atoms with Gasteiger partial charge in [-0.25, -0.2) is 9.97 Å². The van der Waals surface area contributed by atoms with E-state index in [-0.39, 0.29) is 5.91 Å². The van der Waals surface area contributed by atoms with Crippen molar-refractivity contribution in [1.29, 1.82) is 0 Å². The van der Waals surface area contributed by atoms with Crippen molar-refractivity contribution in [2.75, 3.05) is 10.6 Å². The number of carbonyl (C=O) groups excluding carboxylic acids is 1. The van der Waals surface area contributed by atoms with Crippen LogP contribution in [0.25, 0.3) is 0 Å². The van der Waals surface area contributed by atoms with Crippen molar-refractivity contribution in [1.82, 2.24) is 9.97 Å². The van der Waals surface area contributed by atoms with Gasteiger partial charge in [0.1, 0.15) is 0 Å². The lowest BCUT2D eigenvalue weighted by Gasteiger charge is -2.09. The molecule has 0 atom stereocenters. The minimum atomic E-state index is -0.257. The van der Waals surface area contributed by atoms with Gasteiger partial charge in [0.2, 0.25) is 5.95 Å². The summed E-state index contributed by atoms with van der Waals surface area (Å²) < 4.78 is 0.833. The summed E-state index contributed by atoms with van der Waals surface area (Å²) in [7, 11) is 0. The fourth-order valence-corrected chi connectivity index (χ4v) is 2.85. The number of rotatable bonds is 4. The van der Waals surface area contributed by atoms with E-state index >= 15 is 0 Å². The first-order valence-corrected chi connectivity index (χ1v) is 8.54. The lowest BCUT2D eigenvalue weighted by molar-refractivity contribution is 0.102. The number of halogens is 1. The summed E-state index contributed by atoms with van der Waals surface area (Å²) in [5.74, 6) is 0.189. The third kappa shape index (κ3) is 4.22. The van der Waals surface area contributed by atoms with E-state index in [1.807, 2.05) is 56.3 Å². The van der Waals surface area contributed by atoms with Crippen LogP contribution in [0, 0.1) is 13.8 Å². The molecule has 3 rings (SSSR count). The summed E-state index contributed by atoms with van der Waals surface area (Å²) in [6.45, 7) is 3.99. The van der Waals surface area contributed by atoms with Crippen LogP contribution in [-0.2, 0) is 0 Å². The highest BCUT2D eigenvalue weighted by Gasteiger charge is 2.10. The standard InChI is InChI=1S/C19H17BrN4O/c1-12-7-8-17(15(20)9-12)23-18(25)14-10-21-19(22-11-14)24-16-6-4-3-5-13(16)2/h3-11H,1-2H3,(H,23,25)(H,21,22,24). The van der Waals surface area contributed by atoms with Gasteiger partial charge in [0.05, 0.1) is 11.3 Å². The van der Waals surface area contributed by atoms with Crippen molar-refractivity contribution in [2.45, 2.75) is 13.8 Å². The highest BCUT2D eigenvalue weighted by Crippen LogP contribution is 2.24. The molecule has 0 bridgehead atoms. The van der Waals surface area contributed by atoms with E-state index in [1.165, 1.54) is 12.4 Å². The van der Waals surface area contributed by atoms with Crippen molar-refractivity contribution in [2.24, 2.45) is 0 Å². The first kappa shape index (κ1) is 17.1. The van der Waals surface area contributed by atoms with E-state index in [2.05, 4.69) is 36.5 Å². The SMILES string of the molecule is Cc1ccc(NC(=O)c2cnc(Nc3ccccc3C)nc2)c(Br)c1. The molecule has 0 saturated carbocycles. The van der Waals surface area contributed by atoms with Gasteiger partial charge in [-0.1, -0.05) is 24.3 Å². The summed E-state index contributed by atoms with van der Waals surface area (Å²) in [5.41, 5.74) is 4.24. The molecule has 3 aromatic rings. The number of para-hydroxylation sites is 1. The van der Waals surface area contributed by atoms with E-state index in [4.69, 9.17) is 0 Å². The van der Waals surface area contributed by atoms with Gasteiger partial charge in [-0.05, 0) is 59.1 Å². The molecule has 0 radical (unpaired) electrons. The molecule has 1 amide bonds. The molecule has 0 saturated heterocycles. The quantitative estimate of drug-likeness (QED) is 0.661.